The largest absolute Gasteiger partial charge is 0.341 e. The van der Waals surface area contributed by atoms with E-state index in [-0.39, 0.29) is 24.4 Å². The Labute approximate surface area is 138 Å². The highest BCUT2D eigenvalue weighted by atomic mass is 16.2. The summed E-state index contributed by atoms with van der Waals surface area (Å²) < 4.78 is 0. The maximum atomic E-state index is 12.9. The maximum Gasteiger partial charge on any atom is 0.327 e. The lowest BCUT2D eigenvalue weighted by Crippen LogP contribution is -2.49. The fourth-order valence-electron chi connectivity index (χ4n) is 3.71. The minimum atomic E-state index is -0.698. The standard InChI is InChI=1S/C17H29N3O3/c1-4-6-12-19(5-2)14(21)13-20-15(22)17(18(3)16(20)23)10-8-7-9-11-17/h4-13H2,1-3H3. The van der Waals surface area contributed by atoms with Gasteiger partial charge in [-0.05, 0) is 26.2 Å². The number of carbonyl (C=O) groups excluding carboxylic acids is 3. The highest BCUT2D eigenvalue weighted by Gasteiger charge is 2.55. The second-order valence-electron chi connectivity index (χ2n) is 6.65. The SMILES string of the molecule is CCCCN(CC)C(=O)CN1C(=O)N(C)C2(CCCCC2)C1=O. The number of amides is 4. The molecule has 1 saturated carbocycles. The molecule has 1 aliphatic carbocycles. The van der Waals surface area contributed by atoms with Crippen LogP contribution in [0, 0.1) is 0 Å². The van der Waals surface area contributed by atoms with Gasteiger partial charge in [0.1, 0.15) is 12.1 Å². The van der Waals surface area contributed by atoms with Crippen LogP contribution in [-0.4, -0.2) is 64.8 Å². The average molecular weight is 323 g/mol. The number of hydrogen-bond donors (Lipinski definition) is 0. The Morgan fingerprint density at radius 1 is 1.17 bits per heavy atom. The summed E-state index contributed by atoms with van der Waals surface area (Å²) in [5.41, 5.74) is -0.698. The molecule has 6 heteroatoms. The highest BCUT2D eigenvalue weighted by molar-refractivity contribution is 6.08. The number of imide groups is 1. The smallest absolute Gasteiger partial charge is 0.327 e. The van der Waals surface area contributed by atoms with Crippen molar-refractivity contribution in [3.63, 3.8) is 0 Å². The van der Waals surface area contributed by atoms with E-state index in [9.17, 15) is 14.4 Å². The molecule has 0 aromatic carbocycles. The molecule has 4 amide bonds. The molecular formula is C17H29N3O3. The Balaban J connectivity index is 2.09. The van der Waals surface area contributed by atoms with Crippen molar-refractivity contribution in [3.05, 3.63) is 0 Å². The summed E-state index contributed by atoms with van der Waals surface area (Å²) in [7, 11) is 1.70. The van der Waals surface area contributed by atoms with Crippen LogP contribution >= 0.6 is 0 Å². The van der Waals surface area contributed by atoms with E-state index in [1.165, 1.54) is 4.90 Å². The summed E-state index contributed by atoms with van der Waals surface area (Å²) in [6.45, 7) is 5.17. The summed E-state index contributed by atoms with van der Waals surface area (Å²) in [4.78, 5) is 42.3. The molecule has 2 aliphatic rings. The Hall–Kier alpha value is -1.59. The van der Waals surface area contributed by atoms with Crippen molar-refractivity contribution in [2.75, 3.05) is 26.7 Å². The maximum absolute atomic E-state index is 12.9. The zero-order chi connectivity index (χ0) is 17.0. The molecule has 2 fully saturated rings. The lowest BCUT2D eigenvalue weighted by atomic mass is 9.81. The van der Waals surface area contributed by atoms with Crippen molar-refractivity contribution < 1.29 is 14.4 Å². The van der Waals surface area contributed by atoms with Gasteiger partial charge >= 0.3 is 6.03 Å². The molecule has 0 radical (unpaired) electrons. The number of rotatable bonds is 6. The van der Waals surface area contributed by atoms with E-state index in [0.717, 1.165) is 32.1 Å². The molecule has 130 valence electrons. The molecule has 0 aromatic rings. The van der Waals surface area contributed by atoms with Crippen LogP contribution in [0.15, 0.2) is 0 Å². The fraction of sp³-hybridized carbons (Fsp3) is 0.824. The quantitative estimate of drug-likeness (QED) is 0.704. The number of nitrogens with zero attached hydrogens (tertiary/aromatic N) is 3. The summed E-state index contributed by atoms with van der Waals surface area (Å²) in [6, 6.07) is -0.322. The first-order valence-electron chi connectivity index (χ1n) is 8.85. The van der Waals surface area contributed by atoms with Crippen molar-refractivity contribution in [3.8, 4) is 0 Å². The van der Waals surface area contributed by atoms with Gasteiger partial charge in [0.05, 0.1) is 0 Å². The van der Waals surface area contributed by atoms with Gasteiger partial charge in [-0.1, -0.05) is 32.6 Å². The monoisotopic (exact) mass is 323 g/mol. The van der Waals surface area contributed by atoms with Crippen molar-refractivity contribution in [2.45, 2.75) is 64.3 Å². The molecule has 0 aromatic heterocycles. The molecule has 23 heavy (non-hydrogen) atoms. The molecule has 1 heterocycles. The van der Waals surface area contributed by atoms with E-state index in [2.05, 4.69) is 6.92 Å². The van der Waals surface area contributed by atoms with Crippen molar-refractivity contribution in [1.82, 2.24) is 14.7 Å². The minimum Gasteiger partial charge on any atom is -0.341 e. The van der Waals surface area contributed by atoms with E-state index in [4.69, 9.17) is 0 Å². The van der Waals surface area contributed by atoms with Gasteiger partial charge in [-0.25, -0.2) is 4.79 Å². The molecule has 6 nitrogen and oxygen atoms in total. The predicted molar refractivity (Wildman–Crippen MR) is 87.9 cm³/mol. The predicted octanol–water partition coefficient (Wildman–Crippen LogP) is 2.23. The first kappa shape index (κ1) is 17.8. The fourth-order valence-corrected chi connectivity index (χ4v) is 3.71. The first-order chi connectivity index (χ1) is 11.0. The van der Waals surface area contributed by atoms with Gasteiger partial charge in [0.25, 0.3) is 5.91 Å². The van der Waals surface area contributed by atoms with Gasteiger partial charge in [0.2, 0.25) is 5.91 Å². The van der Waals surface area contributed by atoms with Gasteiger partial charge in [-0.3, -0.25) is 14.5 Å². The lowest BCUT2D eigenvalue weighted by Gasteiger charge is -2.35. The number of hydrogen-bond acceptors (Lipinski definition) is 3. The Bertz CT molecular complexity index is 472. The molecule has 0 unspecified atom stereocenters. The van der Waals surface area contributed by atoms with Gasteiger partial charge in [-0.2, -0.15) is 0 Å². The van der Waals surface area contributed by atoms with E-state index in [1.54, 1.807) is 16.8 Å². The third-order valence-electron chi connectivity index (χ3n) is 5.29. The summed E-state index contributed by atoms with van der Waals surface area (Å²) in [6.07, 6.45) is 6.41. The Morgan fingerprint density at radius 2 is 1.83 bits per heavy atom. The minimum absolute atomic E-state index is 0.124. The Morgan fingerprint density at radius 3 is 2.39 bits per heavy atom. The van der Waals surface area contributed by atoms with E-state index < -0.39 is 5.54 Å². The van der Waals surface area contributed by atoms with E-state index in [1.807, 2.05) is 6.92 Å². The van der Waals surface area contributed by atoms with Crippen LogP contribution in [0.2, 0.25) is 0 Å². The van der Waals surface area contributed by atoms with Crippen LogP contribution in [-0.2, 0) is 9.59 Å². The molecular weight excluding hydrogens is 294 g/mol. The van der Waals surface area contributed by atoms with Crippen LogP contribution in [0.1, 0.15) is 58.8 Å². The van der Waals surface area contributed by atoms with Gasteiger partial charge in [0, 0.05) is 20.1 Å². The summed E-state index contributed by atoms with van der Waals surface area (Å²) in [5.74, 6) is -0.312. The van der Waals surface area contributed by atoms with Gasteiger partial charge in [0.15, 0.2) is 0 Å². The molecule has 2 rings (SSSR count). The number of likely N-dealkylation sites (N-methyl/N-ethyl adjacent to an activating group) is 2. The van der Waals surface area contributed by atoms with E-state index in [0.29, 0.717) is 25.9 Å². The van der Waals surface area contributed by atoms with Crippen LogP contribution in [0.5, 0.6) is 0 Å². The zero-order valence-corrected chi connectivity index (χ0v) is 14.6. The third-order valence-corrected chi connectivity index (χ3v) is 5.29. The molecule has 0 bridgehead atoms. The summed E-state index contributed by atoms with van der Waals surface area (Å²) in [5, 5.41) is 0. The topological polar surface area (TPSA) is 60.9 Å². The molecule has 1 saturated heterocycles. The number of urea groups is 1. The second-order valence-corrected chi connectivity index (χ2v) is 6.65. The molecule has 0 N–H and O–H groups in total. The van der Waals surface area contributed by atoms with E-state index >= 15 is 0 Å². The van der Waals surface area contributed by atoms with Crippen LogP contribution < -0.4 is 0 Å². The molecule has 1 aliphatic heterocycles. The average Bonchev–Trinajstić information content (AvgIpc) is 2.73. The van der Waals surface area contributed by atoms with Crippen LogP contribution in [0.25, 0.3) is 0 Å². The van der Waals surface area contributed by atoms with Crippen LogP contribution in [0.4, 0.5) is 4.79 Å². The molecule has 1 spiro atoms. The van der Waals surface area contributed by atoms with Crippen molar-refractivity contribution >= 4 is 17.8 Å². The Kier molecular flexibility index (Phi) is 5.65. The molecule has 0 atom stereocenters. The first-order valence-corrected chi connectivity index (χ1v) is 8.85. The van der Waals surface area contributed by atoms with Crippen molar-refractivity contribution in [2.24, 2.45) is 0 Å². The zero-order valence-electron chi connectivity index (χ0n) is 14.6. The third kappa shape index (κ3) is 3.21. The lowest BCUT2D eigenvalue weighted by molar-refractivity contribution is -0.140. The highest BCUT2D eigenvalue weighted by Crippen LogP contribution is 2.39. The number of carbonyl (C=O) groups is 3. The van der Waals surface area contributed by atoms with Crippen LogP contribution in [0.3, 0.4) is 0 Å². The normalized spacial score (nSPS) is 20.5. The number of unbranched alkanes of at least 4 members (excludes halogenated alkanes) is 1. The summed E-state index contributed by atoms with van der Waals surface area (Å²) >= 11 is 0. The van der Waals surface area contributed by atoms with Gasteiger partial charge in [-0.15, -0.1) is 0 Å². The second kappa shape index (κ2) is 7.32. The van der Waals surface area contributed by atoms with Gasteiger partial charge < -0.3 is 9.80 Å². The van der Waals surface area contributed by atoms with Crippen molar-refractivity contribution in [1.29, 1.82) is 0 Å².